The number of rotatable bonds is 8. The Hall–Kier alpha value is -1.96. The first-order valence-corrected chi connectivity index (χ1v) is 8.06. The molecule has 0 aliphatic rings. The van der Waals surface area contributed by atoms with E-state index in [-0.39, 0.29) is 47.8 Å². The number of hydrogen-bond donors (Lipinski definition) is 1. The van der Waals surface area contributed by atoms with Gasteiger partial charge in [0.05, 0.1) is 5.97 Å². The molecular weight excluding hydrogens is 361 g/mol. The maximum absolute atomic E-state index is 10.7. The second-order valence-electron chi connectivity index (χ2n) is 5.85. The molecule has 0 radical (unpaired) electrons. The van der Waals surface area contributed by atoms with Crippen molar-refractivity contribution in [3.63, 3.8) is 0 Å². The Balaban J connectivity index is 0. The van der Waals surface area contributed by atoms with Crippen molar-refractivity contribution >= 4 is 29.5 Å². The summed E-state index contributed by atoms with van der Waals surface area (Å²) in [6.07, 6.45) is 3.65. The van der Waals surface area contributed by atoms with Gasteiger partial charge in [-0.25, -0.2) is 4.79 Å². The molecule has 0 aromatic heterocycles. The molecule has 0 saturated heterocycles. The molecule has 0 atom stereocenters. The van der Waals surface area contributed by atoms with Gasteiger partial charge < -0.3 is 19.8 Å². The summed E-state index contributed by atoms with van der Waals surface area (Å²) < 4.78 is 0. The zero-order valence-corrected chi connectivity index (χ0v) is 18.3. The summed E-state index contributed by atoms with van der Waals surface area (Å²) in [5, 5.41) is 22.2. The van der Waals surface area contributed by atoms with Gasteiger partial charge in [0.1, 0.15) is 12.3 Å². The number of carboxylic acids is 2. The number of carboxylic acid groups (broad SMARTS) is 2. The number of ketones is 1. The summed E-state index contributed by atoms with van der Waals surface area (Å²) in [6, 6.07) is 9.73. The van der Waals surface area contributed by atoms with E-state index in [9.17, 15) is 19.5 Å². The fourth-order valence-corrected chi connectivity index (χ4v) is 1.52. The van der Waals surface area contributed by atoms with E-state index in [0.717, 1.165) is 5.56 Å². The molecule has 1 N–H and O–H groups in total. The van der Waals surface area contributed by atoms with Gasteiger partial charge in [-0.2, -0.15) is 0 Å². The van der Waals surface area contributed by atoms with Gasteiger partial charge in [0.15, 0.2) is 0 Å². The minimum Gasteiger partial charge on any atom is -0.543 e. The van der Waals surface area contributed by atoms with Crippen molar-refractivity contribution in [1.29, 1.82) is 0 Å². The van der Waals surface area contributed by atoms with Crippen LogP contribution in [-0.2, 0) is 19.2 Å². The zero-order chi connectivity index (χ0) is 20.1. The van der Waals surface area contributed by atoms with Crippen LogP contribution in [0.5, 0.6) is 0 Å². The first kappa shape index (κ1) is 27.3. The Morgan fingerprint density at radius 2 is 1.67 bits per heavy atom. The molecule has 0 amide bonds. The van der Waals surface area contributed by atoms with Crippen LogP contribution in [0.2, 0.25) is 0 Å². The van der Waals surface area contributed by atoms with Gasteiger partial charge in [-0.3, -0.25) is 4.79 Å². The molecule has 27 heavy (non-hydrogen) atoms. The van der Waals surface area contributed by atoms with Crippen LogP contribution in [0, 0.1) is 11.8 Å². The van der Waals surface area contributed by atoms with E-state index in [1.807, 2.05) is 36.4 Å². The molecule has 7 nitrogen and oxygen atoms in total. The van der Waals surface area contributed by atoms with Gasteiger partial charge in [0.25, 0.3) is 0 Å². The second kappa shape index (κ2) is 15.1. The number of carbonyl (C=O) groups excluding carboxylic acids is 2. The Labute approximate surface area is 181 Å². The van der Waals surface area contributed by atoms with Gasteiger partial charge in [0.2, 0.25) is 5.78 Å². The summed E-state index contributed by atoms with van der Waals surface area (Å²) in [4.78, 5) is 35.6. The van der Waals surface area contributed by atoms with Gasteiger partial charge >= 0.3 is 35.5 Å². The molecule has 142 valence electrons. The average molecular weight is 385 g/mol. The van der Waals surface area contributed by atoms with Crippen molar-refractivity contribution in [1.82, 2.24) is 0 Å². The van der Waals surface area contributed by atoms with E-state index in [1.165, 1.54) is 0 Å². The summed E-state index contributed by atoms with van der Waals surface area (Å²) in [5.41, 5.74) is 0.970. The van der Waals surface area contributed by atoms with Gasteiger partial charge in [-0.15, -0.1) is 0 Å². The van der Waals surface area contributed by atoms with Crippen molar-refractivity contribution in [2.45, 2.75) is 27.7 Å². The van der Waals surface area contributed by atoms with Crippen LogP contribution in [-0.4, -0.2) is 35.1 Å². The third-order valence-corrected chi connectivity index (χ3v) is 2.93. The monoisotopic (exact) mass is 385 g/mol. The quantitative estimate of drug-likeness (QED) is 0.197. The van der Waals surface area contributed by atoms with Gasteiger partial charge in [0, 0.05) is 11.8 Å². The molecule has 0 spiro atoms. The van der Waals surface area contributed by atoms with Crippen LogP contribution in [0.3, 0.4) is 0 Å². The SMILES string of the molecule is CC(C)C(=NOCC=Cc1ccccc1)C(=O)[O-].CC(C)C(=O)C(=O)O.[Na+]. The maximum atomic E-state index is 10.7. The fraction of sp³-hybridized carbons (Fsp3) is 0.368. The smallest absolute Gasteiger partial charge is 0.543 e. The van der Waals surface area contributed by atoms with E-state index in [0.29, 0.717) is 0 Å². The van der Waals surface area contributed by atoms with Crippen LogP contribution in [0.15, 0.2) is 41.6 Å². The van der Waals surface area contributed by atoms with E-state index in [4.69, 9.17) is 9.94 Å². The summed E-state index contributed by atoms with van der Waals surface area (Å²) in [5.74, 6) is -4.00. The molecule has 0 bridgehead atoms. The normalized spacial score (nSPS) is 10.8. The van der Waals surface area contributed by atoms with E-state index < -0.39 is 23.6 Å². The summed E-state index contributed by atoms with van der Waals surface area (Å²) in [6.45, 7) is 6.76. The third kappa shape index (κ3) is 12.9. The second-order valence-corrected chi connectivity index (χ2v) is 5.85. The van der Waals surface area contributed by atoms with Crippen molar-refractivity contribution in [3.05, 3.63) is 42.0 Å². The molecule has 1 aromatic carbocycles. The minimum atomic E-state index is -1.35. The molecule has 0 heterocycles. The third-order valence-electron chi connectivity index (χ3n) is 2.93. The van der Waals surface area contributed by atoms with Gasteiger partial charge in [-0.05, 0) is 11.6 Å². The average Bonchev–Trinajstić information content (AvgIpc) is 2.57. The zero-order valence-electron chi connectivity index (χ0n) is 16.3. The Morgan fingerprint density at radius 1 is 1.11 bits per heavy atom. The topological polar surface area (TPSA) is 116 Å². The van der Waals surface area contributed by atoms with Crippen molar-refractivity contribution in [2.75, 3.05) is 6.61 Å². The van der Waals surface area contributed by atoms with Crippen molar-refractivity contribution in [2.24, 2.45) is 17.0 Å². The molecule has 0 aliphatic carbocycles. The number of benzene rings is 1. The number of aliphatic carboxylic acids is 2. The van der Waals surface area contributed by atoms with E-state index in [1.54, 1.807) is 33.8 Å². The Bertz CT molecular complexity index is 653. The molecule has 8 heteroatoms. The van der Waals surface area contributed by atoms with Crippen molar-refractivity contribution in [3.8, 4) is 0 Å². The fourth-order valence-electron chi connectivity index (χ4n) is 1.52. The molecular formula is C19H24NNaO6. The van der Waals surface area contributed by atoms with E-state index >= 15 is 0 Å². The number of oxime groups is 1. The minimum absolute atomic E-state index is 0. The van der Waals surface area contributed by atoms with E-state index in [2.05, 4.69) is 5.16 Å². The largest absolute Gasteiger partial charge is 1.00 e. The Morgan fingerprint density at radius 3 is 2.04 bits per heavy atom. The standard InChI is InChI=1S/C14H17NO3.C5H8O3.Na/c1-11(2)13(14(16)17)15-18-10-6-9-12-7-4-3-5-8-12;1-3(2)4(6)5(7)8;/h3-9,11H,10H2,1-2H3,(H,16,17);3H,1-2H3,(H,7,8);/q;;+1/p-1. The Kier molecular flexibility index (Phi) is 15.3. The predicted molar refractivity (Wildman–Crippen MR) is 96.2 cm³/mol. The first-order chi connectivity index (χ1) is 12.2. The first-order valence-electron chi connectivity index (χ1n) is 8.06. The van der Waals surface area contributed by atoms with Gasteiger partial charge in [-0.1, -0.05) is 69.3 Å². The van der Waals surface area contributed by atoms with Crippen LogP contribution in [0.1, 0.15) is 33.3 Å². The molecule has 0 saturated carbocycles. The molecule has 0 aliphatic heterocycles. The number of hydrogen-bond acceptors (Lipinski definition) is 6. The van der Waals surface area contributed by atoms with Crippen LogP contribution in [0.4, 0.5) is 0 Å². The van der Waals surface area contributed by atoms with Crippen LogP contribution < -0.4 is 34.7 Å². The number of carbonyl (C=O) groups is 3. The predicted octanol–water partition coefficient (Wildman–Crippen LogP) is -1.22. The maximum Gasteiger partial charge on any atom is 1.00 e. The molecule has 0 fully saturated rings. The molecule has 0 unspecified atom stereocenters. The number of Topliss-reactive ketones (excluding diaryl/α,β-unsaturated/α-hetero) is 1. The van der Waals surface area contributed by atoms with Crippen molar-refractivity contribution < 1.29 is 59.0 Å². The van der Waals surface area contributed by atoms with Crippen LogP contribution >= 0.6 is 0 Å². The summed E-state index contributed by atoms with van der Waals surface area (Å²) >= 11 is 0. The molecule has 1 rings (SSSR count). The summed E-state index contributed by atoms with van der Waals surface area (Å²) in [7, 11) is 0. The molecule has 1 aromatic rings. The van der Waals surface area contributed by atoms with Crippen LogP contribution in [0.25, 0.3) is 6.08 Å². The number of nitrogens with zero attached hydrogens (tertiary/aromatic N) is 1.